The standard InChI is InChI=1S/C14H21N3O4S/c1-10-12(11(2)21-15-10)22(19,20)17-8-6-14(9-17)5-4-7-16(3)13(14)18/h4-9H2,1-3H3/t14-/m1/s1. The SMILES string of the molecule is Cc1noc(C)c1S(=O)(=O)N1CC[C@]2(CCCN(C)C2=O)C1. The number of likely N-dealkylation sites (tertiary alicyclic amines) is 1. The second-order valence-electron chi connectivity index (χ2n) is 6.35. The number of aryl methyl sites for hydroxylation is 2. The van der Waals surface area contributed by atoms with E-state index in [1.165, 1.54) is 4.31 Å². The van der Waals surface area contributed by atoms with Crippen molar-refractivity contribution in [3.63, 3.8) is 0 Å². The van der Waals surface area contributed by atoms with Gasteiger partial charge in [0.15, 0.2) is 5.76 Å². The molecule has 1 atom stereocenters. The summed E-state index contributed by atoms with van der Waals surface area (Å²) >= 11 is 0. The molecule has 0 aromatic carbocycles. The Morgan fingerprint density at radius 1 is 1.23 bits per heavy atom. The highest BCUT2D eigenvalue weighted by molar-refractivity contribution is 7.89. The fourth-order valence-electron chi connectivity index (χ4n) is 3.66. The summed E-state index contributed by atoms with van der Waals surface area (Å²) < 4.78 is 32.1. The van der Waals surface area contributed by atoms with Gasteiger partial charge in [-0.05, 0) is 33.1 Å². The van der Waals surface area contributed by atoms with Crippen LogP contribution < -0.4 is 0 Å². The van der Waals surface area contributed by atoms with E-state index in [4.69, 9.17) is 4.52 Å². The van der Waals surface area contributed by atoms with E-state index in [1.54, 1.807) is 25.8 Å². The van der Waals surface area contributed by atoms with Crippen LogP contribution in [0.3, 0.4) is 0 Å². The number of hydrogen-bond acceptors (Lipinski definition) is 5. The van der Waals surface area contributed by atoms with Crippen LogP contribution >= 0.6 is 0 Å². The minimum atomic E-state index is -3.67. The number of nitrogens with zero attached hydrogens (tertiary/aromatic N) is 3. The first-order chi connectivity index (χ1) is 10.3. The van der Waals surface area contributed by atoms with Gasteiger partial charge in [-0.2, -0.15) is 4.31 Å². The largest absolute Gasteiger partial charge is 0.360 e. The van der Waals surface area contributed by atoms with Crippen molar-refractivity contribution < 1.29 is 17.7 Å². The van der Waals surface area contributed by atoms with Gasteiger partial charge in [-0.25, -0.2) is 8.42 Å². The minimum Gasteiger partial charge on any atom is -0.360 e. The summed E-state index contributed by atoms with van der Waals surface area (Å²) in [5, 5.41) is 3.73. The quantitative estimate of drug-likeness (QED) is 0.807. The van der Waals surface area contributed by atoms with Gasteiger partial charge in [0.2, 0.25) is 15.9 Å². The summed E-state index contributed by atoms with van der Waals surface area (Å²) in [6.07, 6.45) is 2.25. The van der Waals surface area contributed by atoms with Gasteiger partial charge in [0.1, 0.15) is 10.6 Å². The highest BCUT2D eigenvalue weighted by atomic mass is 32.2. The number of aromatic nitrogens is 1. The molecule has 2 fully saturated rings. The fraction of sp³-hybridized carbons (Fsp3) is 0.714. The zero-order valence-electron chi connectivity index (χ0n) is 13.1. The zero-order valence-corrected chi connectivity index (χ0v) is 13.9. The lowest BCUT2D eigenvalue weighted by Crippen LogP contribution is -2.48. The van der Waals surface area contributed by atoms with Crippen molar-refractivity contribution in [1.82, 2.24) is 14.4 Å². The van der Waals surface area contributed by atoms with Crippen LogP contribution in [0.2, 0.25) is 0 Å². The molecule has 0 N–H and O–H groups in total. The van der Waals surface area contributed by atoms with Crippen LogP contribution in [0, 0.1) is 19.3 Å². The van der Waals surface area contributed by atoms with Crippen LogP contribution in [-0.4, -0.2) is 55.4 Å². The number of carbonyl (C=O) groups excluding carboxylic acids is 1. The first kappa shape index (κ1) is 15.5. The molecule has 3 rings (SSSR count). The molecule has 1 amide bonds. The summed E-state index contributed by atoms with van der Waals surface area (Å²) in [7, 11) is -1.88. The Bertz CT molecular complexity index is 692. The summed E-state index contributed by atoms with van der Waals surface area (Å²) in [6, 6.07) is 0. The molecule has 122 valence electrons. The van der Waals surface area contributed by atoms with E-state index in [9.17, 15) is 13.2 Å². The lowest BCUT2D eigenvalue weighted by molar-refractivity contribution is -0.143. The van der Waals surface area contributed by atoms with Crippen molar-refractivity contribution in [3.8, 4) is 0 Å². The molecule has 0 radical (unpaired) electrons. The smallest absolute Gasteiger partial charge is 0.248 e. The van der Waals surface area contributed by atoms with Crippen molar-refractivity contribution in [2.45, 2.75) is 38.0 Å². The van der Waals surface area contributed by atoms with Gasteiger partial charge in [-0.15, -0.1) is 0 Å². The summed E-state index contributed by atoms with van der Waals surface area (Å²) in [4.78, 5) is 14.4. The molecule has 0 saturated carbocycles. The van der Waals surface area contributed by atoms with Crippen LogP contribution in [0.25, 0.3) is 0 Å². The molecule has 0 aliphatic carbocycles. The number of carbonyl (C=O) groups is 1. The van der Waals surface area contributed by atoms with E-state index in [-0.39, 0.29) is 17.3 Å². The number of sulfonamides is 1. The maximum atomic E-state index is 12.9. The predicted molar refractivity (Wildman–Crippen MR) is 78.7 cm³/mol. The van der Waals surface area contributed by atoms with Crippen LogP contribution in [0.4, 0.5) is 0 Å². The van der Waals surface area contributed by atoms with E-state index < -0.39 is 15.4 Å². The maximum Gasteiger partial charge on any atom is 0.248 e. The molecule has 2 aliphatic heterocycles. The molecule has 1 spiro atoms. The topological polar surface area (TPSA) is 83.7 Å². The maximum absolute atomic E-state index is 12.9. The highest BCUT2D eigenvalue weighted by Crippen LogP contribution is 2.42. The lowest BCUT2D eigenvalue weighted by Gasteiger charge is -2.37. The third-order valence-corrected chi connectivity index (χ3v) is 6.92. The average Bonchev–Trinajstić information content (AvgIpc) is 3.02. The molecule has 1 aromatic heterocycles. The van der Waals surface area contributed by atoms with Crippen molar-refractivity contribution >= 4 is 15.9 Å². The van der Waals surface area contributed by atoms with Crippen molar-refractivity contribution in [1.29, 1.82) is 0 Å². The Morgan fingerprint density at radius 2 is 1.95 bits per heavy atom. The van der Waals surface area contributed by atoms with Gasteiger partial charge in [-0.1, -0.05) is 5.16 Å². The molecule has 3 heterocycles. The van der Waals surface area contributed by atoms with Crippen LogP contribution in [0.15, 0.2) is 9.42 Å². The summed E-state index contributed by atoms with van der Waals surface area (Å²) in [5.41, 5.74) is -0.190. The molecule has 2 saturated heterocycles. The number of piperidine rings is 1. The van der Waals surface area contributed by atoms with Crippen LogP contribution in [0.1, 0.15) is 30.7 Å². The number of amides is 1. The van der Waals surface area contributed by atoms with E-state index >= 15 is 0 Å². The molecule has 2 aliphatic rings. The third-order valence-electron chi connectivity index (χ3n) is 4.83. The van der Waals surface area contributed by atoms with Gasteiger partial charge >= 0.3 is 0 Å². The fourth-order valence-corrected chi connectivity index (χ4v) is 5.48. The third kappa shape index (κ3) is 2.16. The Balaban J connectivity index is 1.91. The summed E-state index contributed by atoms with van der Waals surface area (Å²) in [6.45, 7) is 4.58. The summed E-state index contributed by atoms with van der Waals surface area (Å²) in [5.74, 6) is 0.362. The molecule has 0 bridgehead atoms. The van der Waals surface area contributed by atoms with E-state index in [0.29, 0.717) is 24.4 Å². The molecule has 8 heteroatoms. The predicted octanol–water partition coefficient (Wildman–Crippen LogP) is 0.924. The molecule has 0 unspecified atom stereocenters. The van der Waals surface area contributed by atoms with E-state index in [1.807, 2.05) is 0 Å². The Kier molecular flexibility index (Phi) is 3.56. The van der Waals surface area contributed by atoms with Crippen molar-refractivity contribution in [2.75, 3.05) is 26.7 Å². The Morgan fingerprint density at radius 3 is 2.59 bits per heavy atom. The normalized spacial score (nSPS) is 27.0. The monoisotopic (exact) mass is 327 g/mol. The number of hydrogen-bond donors (Lipinski definition) is 0. The first-order valence-electron chi connectivity index (χ1n) is 7.46. The van der Waals surface area contributed by atoms with Gasteiger partial charge in [0.25, 0.3) is 0 Å². The minimum absolute atomic E-state index is 0.0650. The van der Waals surface area contributed by atoms with Crippen LogP contribution in [-0.2, 0) is 14.8 Å². The molecular weight excluding hydrogens is 306 g/mol. The Labute approximate surface area is 130 Å². The van der Waals surface area contributed by atoms with Crippen LogP contribution in [0.5, 0.6) is 0 Å². The van der Waals surface area contributed by atoms with Gasteiger partial charge in [0.05, 0.1) is 5.41 Å². The molecule has 1 aromatic rings. The number of rotatable bonds is 2. The second kappa shape index (κ2) is 5.06. The lowest BCUT2D eigenvalue weighted by atomic mass is 9.78. The molecule has 7 nitrogen and oxygen atoms in total. The van der Waals surface area contributed by atoms with E-state index in [2.05, 4.69) is 5.16 Å². The van der Waals surface area contributed by atoms with Crippen molar-refractivity contribution in [2.24, 2.45) is 5.41 Å². The van der Waals surface area contributed by atoms with E-state index in [0.717, 1.165) is 19.4 Å². The highest BCUT2D eigenvalue weighted by Gasteiger charge is 2.51. The van der Waals surface area contributed by atoms with Crippen molar-refractivity contribution in [3.05, 3.63) is 11.5 Å². The Hall–Kier alpha value is -1.41. The first-order valence-corrected chi connectivity index (χ1v) is 8.90. The zero-order chi connectivity index (χ0) is 16.1. The molecule has 22 heavy (non-hydrogen) atoms. The van der Waals surface area contributed by atoms with Gasteiger partial charge in [0, 0.05) is 26.7 Å². The van der Waals surface area contributed by atoms with Gasteiger partial charge < -0.3 is 9.42 Å². The molecular formula is C14H21N3O4S. The van der Waals surface area contributed by atoms with Gasteiger partial charge in [-0.3, -0.25) is 4.79 Å². The average molecular weight is 327 g/mol. The second-order valence-corrected chi connectivity index (χ2v) is 8.23.